The van der Waals surface area contributed by atoms with E-state index in [4.69, 9.17) is 9.47 Å². The van der Waals surface area contributed by atoms with Crippen molar-refractivity contribution in [2.24, 2.45) is 0 Å². The van der Waals surface area contributed by atoms with Crippen molar-refractivity contribution in [1.82, 2.24) is 5.32 Å². The van der Waals surface area contributed by atoms with E-state index in [1.165, 1.54) is 19.3 Å². The Hall–Kier alpha value is -1.71. The number of amides is 1. The number of carbonyl (C=O) groups is 1. The van der Waals surface area contributed by atoms with Gasteiger partial charge in [0.1, 0.15) is 5.60 Å². The maximum Gasteiger partial charge on any atom is 0.220 e. The quantitative estimate of drug-likeness (QED) is 0.622. The van der Waals surface area contributed by atoms with E-state index in [1.54, 1.807) is 7.11 Å². The lowest BCUT2D eigenvalue weighted by Crippen LogP contribution is -2.24. The van der Waals surface area contributed by atoms with E-state index in [-0.39, 0.29) is 11.5 Å². The van der Waals surface area contributed by atoms with Crippen LogP contribution in [0.4, 0.5) is 0 Å². The lowest BCUT2D eigenvalue weighted by atomic mass is 10.1. The second-order valence-corrected chi connectivity index (χ2v) is 7.14. The normalized spacial score (nSPS) is 11.2. The van der Waals surface area contributed by atoms with Crippen LogP contribution in [0.1, 0.15) is 71.8 Å². The zero-order valence-electron chi connectivity index (χ0n) is 15.9. The smallest absolute Gasteiger partial charge is 0.220 e. The minimum absolute atomic E-state index is 0.112. The maximum absolute atomic E-state index is 11.9. The fourth-order valence-corrected chi connectivity index (χ4v) is 2.41. The molecule has 1 rings (SSSR count). The zero-order valence-corrected chi connectivity index (χ0v) is 15.9. The van der Waals surface area contributed by atoms with Crippen LogP contribution in [0.2, 0.25) is 0 Å². The van der Waals surface area contributed by atoms with E-state index in [0.717, 1.165) is 24.2 Å². The molecule has 136 valence electrons. The minimum Gasteiger partial charge on any atom is -0.493 e. The molecule has 0 saturated carbocycles. The molecule has 24 heavy (non-hydrogen) atoms. The molecule has 0 spiro atoms. The molecule has 0 atom stereocenters. The van der Waals surface area contributed by atoms with Gasteiger partial charge in [0.25, 0.3) is 0 Å². The van der Waals surface area contributed by atoms with Crippen LogP contribution < -0.4 is 14.8 Å². The lowest BCUT2D eigenvalue weighted by Gasteiger charge is -2.23. The van der Waals surface area contributed by atoms with Crippen LogP contribution in [0, 0.1) is 0 Å². The highest BCUT2D eigenvalue weighted by Crippen LogP contribution is 2.31. The molecule has 0 aliphatic rings. The molecule has 0 heterocycles. The molecule has 1 aromatic rings. The number of hydrogen-bond donors (Lipinski definition) is 1. The number of methoxy groups -OCH3 is 1. The van der Waals surface area contributed by atoms with Crippen molar-refractivity contribution < 1.29 is 14.3 Å². The molecule has 0 saturated heterocycles. The topological polar surface area (TPSA) is 47.6 Å². The Morgan fingerprint density at radius 3 is 2.42 bits per heavy atom. The van der Waals surface area contributed by atoms with E-state index in [0.29, 0.717) is 18.7 Å². The van der Waals surface area contributed by atoms with Crippen molar-refractivity contribution in [3.05, 3.63) is 23.8 Å². The Morgan fingerprint density at radius 2 is 1.79 bits per heavy atom. The predicted molar refractivity (Wildman–Crippen MR) is 98.6 cm³/mol. The van der Waals surface area contributed by atoms with Crippen LogP contribution in [0.3, 0.4) is 0 Å². The van der Waals surface area contributed by atoms with Gasteiger partial charge in [-0.15, -0.1) is 0 Å². The molecule has 0 fully saturated rings. The number of benzene rings is 1. The Labute approximate surface area is 146 Å². The Bertz CT molecular complexity index is 506. The molecular formula is C20H33NO3. The van der Waals surface area contributed by atoms with E-state index in [9.17, 15) is 4.79 Å². The van der Waals surface area contributed by atoms with Crippen molar-refractivity contribution >= 4 is 5.91 Å². The van der Waals surface area contributed by atoms with Gasteiger partial charge >= 0.3 is 0 Å². The molecule has 1 N–H and O–H groups in total. The van der Waals surface area contributed by atoms with Crippen molar-refractivity contribution in [3.8, 4) is 11.5 Å². The fraction of sp³-hybridized carbons (Fsp3) is 0.650. The summed E-state index contributed by atoms with van der Waals surface area (Å²) in [5, 5.41) is 2.97. The summed E-state index contributed by atoms with van der Waals surface area (Å²) in [6.45, 7) is 8.71. The van der Waals surface area contributed by atoms with Gasteiger partial charge in [0.15, 0.2) is 11.5 Å². The third kappa shape index (κ3) is 8.23. The molecule has 0 aliphatic heterocycles. The monoisotopic (exact) mass is 335 g/mol. The van der Waals surface area contributed by atoms with E-state index >= 15 is 0 Å². The lowest BCUT2D eigenvalue weighted by molar-refractivity contribution is -0.121. The highest BCUT2D eigenvalue weighted by molar-refractivity contribution is 5.75. The number of unbranched alkanes of at least 4 members (excludes halogenated alkanes) is 4. The van der Waals surface area contributed by atoms with Crippen molar-refractivity contribution in [3.63, 3.8) is 0 Å². The van der Waals surface area contributed by atoms with Gasteiger partial charge in [0.05, 0.1) is 7.11 Å². The van der Waals surface area contributed by atoms with Crippen LogP contribution in [-0.2, 0) is 11.3 Å². The van der Waals surface area contributed by atoms with Crippen LogP contribution in [-0.4, -0.2) is 18.6 Å². The molecule has 0 bridgehead atoms. The first-order valence-corrected chi connectivity index (χ1v) is 8.98. The van der Waals surface area contributed by atoms with Crippen LogP contribution in [0.15, 0.2) is 18.2 Å². The van der Waals surface area contributed by atoms with Gasteiger partial charge < -0.3 is 14.8 Å². The highest BCUT2D eigenvalue weighted by atomic mass is 16.5. The predicted octanol–water partition coefficient (Wildman–Crippen LogP) is 4.85. The van der Waals surface area contributed by atoms with Crippen molar-refractivity contribution in [2.75, 3.05) is 7.11 Å². The summed E-state index contributed by atoms with van der Waals surface area (Å²) in [5.41, 5.74) is 0.730. The minimum atomic E-state index is -0.277. The van der Waals surface area contributed by atoms with Crippen LogP contribution >= 0.6 is 0 Å². The van der Waals surface area contributed by atoms with Gasteiger partial charge in [-0.25, -0.2) is 0 Å². The summed E-state index contributed by atoms with van der Waals surface area (Å²) in [6.07, 6.45) is 6.40. The molecule has 1 amide bonds. The highest BCUT2D eigenvalue weighted by Gasteiger charge is 2.15. The molecule has 0 aromatic heterocycles. The fourth-order valence-electron chi connectivity index (χ4n) is 2.41. The molecule has 0 radical (unpaired) electrons. The summed E-state index contributed by atoms with van der Waals surface area (Å²) in [5.74, 6) is 1.52. The third-order valence-corrected chi connectivity index (χ3v) is 3.64. The molecule has 0 unspecified atom stereocenters. The van der Waals surface area contributed by atoms with Gasteiger partial charge in [0, 0.05) is 13.0 Å². The van der Waals surface area contributed by atoms with Crippen LogP contribution in [0.25, 0.3) is 0 Å². The number of rotatable bonds is 10. The second-order valence-electron chi connectivity index (χ2n) is 7.14. The first-order valence-electron chi connectivity index (χ1n) is 8.98. The van der Waals surface area contributed by atoms with Crippen molar-refractivity contribution in [2.45, 2.75) is 78.4 Å². The second kappa shape index (κ2) is 10.2. The number of nitrogens with one attached hydrogen (secondary N) is 1. The first kappa shape index (κ1) is 20.3. The Morgan fingerprint density at radius 1 is 1.08 bits per heavy atom. The standard InChI is InChI=1S/C20H33NO3/c1-6-7-8-9-10-11-19(22)21-15-16-12-13-17(18(14-16)23-5)24-20(2,3)4/h12-14H,6-11,15H2,1-5H3,(H,21,22). The Kier molecular flexibility index (Phi) is 8.66. The van der Waals surface area contributed by atoms with Gasteiger partial charge in [0.2, 0.25) is 5.91 Å². The van der Waals surface area contributed by atoms with Gasteiger partial charge in [-0.3, -0.25) is 4.79 Å². The third-order valence-electron chi connectivity index (χ3n) is 3.64. The average Bonchev–Trinajstić information content (AvgIpc) is 2.52. The maximum atomic E-state index is 11.9. The molecule has 4 nitrogen and oxygen atoms in total. The van der Waals surface area contributed by atoms with E-state index in [2.05, 4.69) is 12.2 Å². The zero-order chi connectivity index (χ0) is 18.0. The average molecular weight is 335 g/mol. The van der Waals surface area contributed by atoms with Crippen molar-refractivity contribution in [1.29, 1.82) is 0 Å². The largest absolute Gasteiger partial charge is 0.493 e. The number of hydrogen-bond acceptors (Lipinski definition) is 3. The van der Waals surface area contributed by atoms with Gasteiger partial charge in [-0.05, 0) is 44.9 Å². The summed E-state index contributed by atoms with van der Waals surface area (Å²) in [4.78, 5) is 11.9. The first-order chi connectivity index (χ1) is 11.4. The molecule has 4 heteroatoms. The van der Waals surface area contributed by atoms with Crippen LogP contribution in [0.5, 0.6) is 11.5 Å². The van der Waals surface area contributed by atoms with Gasteiger partial charge in [-0.2, -0.15) is 0 Å². The van der Waals surface area contributed by atoms with Gasteiger partial charge in [-0.1, -0.05) is 38.7 Å². The molecule has 1 aromatic carbocycles. The number of carbonyl (C=O) groups excluding carboxylic acids is 1. The SMILES string of the molecule is CCCCCCCC(=O)NCc1ccc(OC(C)(C)C)c(OC)c1. The Balaban J connectivity index is 2.46. The molecule has 0 aliphatic carbocycles. The number of ether oxygens (including phenoxy) is 2. The summed E-state index contributed by atoms with van der Waals surface area (Å²) in [6, 6.07) is 5.78. The summed E-state index contributed by atoms with van der Waals surface area (Å²) < 4.78 is 11.3. The summed E-state index contributed by atoms with van der Waals surface area (Å²) in [7, 11) is 1.63. The molecular weight excluding hydrogens is 302 g/mol. The summed E-state index contributed by atoms with van der Waals surface area (Å²) >= 11 is 0. The van der Waals surface area contributed by atoms with E-state index < -0.39 is 0 Å². The van der Waals surface area contributed by atoms with E-state index in [1.807, 2.05) is 39.0 Å².